The SMILES string of the molecule is CCc1nn(C)c(CC(=O)C2Cc3ccccc32)c1Br. The summed E-state index contributed by atoms with van der Waals surface area (Å²) in [5.41, 5.74) is 4.51. The Kier molecular flexibility index (Phi) is 3.50. The molecule has 0 saturated carbocycles. The third-order valence-electron chi connectivity index (χ3n) is 4.09. The van der Waals surface area contributed by atoms with Crippen LogP contribution >= 0.6 is 15.9 Å². The number of halogens is 1. The molecule has 1 heterocycles. The van der Waals surface area contributed by atoms with Gasteiger partial charge in [-0.1, -0.05) is 31.2 Å². The summed E-state index contributed by atoms with van der Waals surface area (Å²) in [5, 5.41) is 4.45. The van der Waals surface area contributed by atoms with Crippen molar-refractivity contribution in [3.05, 3.63) is 51.3 Å². The second-order valence-corrected chi connectivity index (χ2v) is 6.08. The number of aromatic nitrogens is 2. The van der Waals surface area contributed by atoms with Crippen molar-refractivity contribution in [3.8, 4) is 0 Å². The molecule has 0 N–H and O–H groups in total. The Morgan fingerprint density at radius 2 is 2.20 bits per heavy atom. The minimum atomic E-state index is 0.0677. The van der Waals surface area contributed by atoms with Gasteiger partial charge in [-0.2, -0.15) is 5.10 Å². The molecule has 20 heavy (non-hydrogen) atoms. The average molecular weight is 333 g/mol. The van der Waals surface area contributed by atoms with Crippen LogP contribution in [0.2, 0.25) is 0 Å². The van der Waals surface area contributed by atoms with E-state index in [0.29, 0.717) is 6.42 Å². The third-order valence-corrected chi connectivity index (χ3v) is 5.00. The summed E-state index contributed by atoms with van der Waals surface area (Å²) in [4.78, 5) is 12.5. The van der Waals surface area contributed by atoms with Gasteiger partial charge in [0.15, 0.2) is 0 Å². The number of hydrogen-bond acceptors (Lipinski definition) is 2. The molecule has 0 fully saturated rings. The van der Waals surface area contributed by atoms with Crippen molar-refractivity contribution < 1.29 is 4.79 Å². The molecule has 3 nitrogen and oxygen atoms in total. The van der Waals surface area contributed by atoms with E-state index in [0.717, 1.165) is 28.7 Å². The van der Waals surface area contributed by atoms with Gasteiger partial charge in [-0.3, -0.25) is 9.48 Å². The molecule has 0 aliphatic heterocycles. The first-order valence-corrected chi connectivity index (χ1v) is 7.71. The fourth-order valence-corrected chi connectivity index (χ4v) is 3.60. The smallest absolute Gasteiger partial charge is 0.146 e. The molecule has 2 aromatic rings. The minimum Gasteiger partial charge on any atom is -0.299 e. The molecule has 3 rings (SSSR count). The lowest BCUT2D eigenvalue weighted by Gasteiger charge is -2.28. The van der Waals surface area contributed by atoms with Gasteiger partial charge in [0.25, 0.3) is 0 Å². The van der Waals surface area contributed by atoms with Gasteiger partial charge in [-0.15, -0.1) is 0 Å². The summed E-state index contributed by atoms with van der Waals surface area (Å²) >= 11 is 3.58. The molecule has 0 spiro atoms. The number of ketones is 1. The third kappa shape index (κ3) is 2.12. The summed E-state index contributed by atoms with van der Waals surface area (Å²) in [7, 11) is 1.90. The molecule has 0 saturated heterocycles. The maximum absolute atomic E-state index is 12.5. The Morgan fingerprint density at radius 3 is 2.85 bits per heavy atom. The molecule has 1 aromatic heterocycles. The largest absolute Gasteiger partial charge is 0.299 e. The summed E-state index contributed by atoms with van der Waals surface area (Å²) in [6.45, 7) is 2.07. The van der Waals surface area contributed by atoms with E-state index in [2.05, 4.69) is 40.1 Å². The van der Waals surface area contributed by atoms with Crippen molar-refractivity contribution in [3.63, 3.8) is 0 Å². The molecule has 1 aliphatic carbocycles. The molecule has 104 valence electrons. The molecule has 1 aliphatic rings. The lowest BCUT2D eigenvalue weighted by atomic mass is 9.74. The van der Waals surface area contributed by atoms with Crippen LogP contribution in [0, 0.1) is 0 Å². The maximum Gasteiger partial charge on any atom is 0.146 e. The predicted octanol–water partition coefficient (Wildman–Crippen LogP) is 3.20. The van der Waals surface area contributed by atoms with Gasteiger partial charge in [-0.25, -0.2) is 0 Å². The van der Waals surface area contributed by atoms with Crippen molar-refractivity contribution in [2.24, 2.45) is 7.05 Å². The van der Waals surface area contributed by atoms with Crippen LogP contribution in [0.4, 0.5) is 0 Å². The van der Waals surface area contributed by atoms with Gasteiger partial charge in [0, 0.05) is 13.0 Å². The second kappa shape index (κ2) is 5.17. The molecule has 0 amide bonds. The van der Waals surface area contributed by atoms with Crippen molar-refractivity contribution in [1.82, 2.24) is 9.78 Å². The number of nitrogens with zero attached hydrogens (tertiary/aromatic N) is 2. The van der Waals surface area contributed by atoms with Crippen LogP contribution in [0.5, 0.6) is 0 Å². The second-order valence-electron chi connectivity index (χ2n) is 5.28. The zero-order chi connectivity index (χ0) is 14.3. The van der Waals surface area contributed by atoms with Crippen LogP contribution in [0.25, 0.3) is 0 Å². The molecule has 1 aromatic carbocycles. The van der Waals surface area contributed by atoms with E-state index in [4.69, 9.17) is 0 Å². The first kappa shape index (κ1) is 13.6. The van der Waals surface area contributed by atoms with Gasteiger partial charge >= 0.3 is 0 Å². The summed E-state index contributed by atoms with van der Waals surface area (Å²) < 4.78 is 2.81. The topological polar surface area (TPSA) is 34.9 Å². The van der Waals surface area contributed by atoms with Crippen molar-refractivity contribution >= 4 is 21.7 Å². The van der Waals surface area contributed by atoms with E-state index in [9.17, 15) is 4.79 Å². The van der Waals surface area contributed by atoms with E-state index < -0.39 is 0 Å². The van der Waals surface area contributed by atoms with E-state index in [1.165, 1.54) is 11.1 Å². The zero-order valence-electron chi connectivity index (χ0n) is 11.7. The number of hydrogen-bond donors (Lipinski definition) is 0. The van der Waals surface area contributed by atoms with Crippen molar-refractivity contribution in [1.29, 1.82) is 0 Å². The highest BCUT2D eigenvalue weighted by atomic mass is 79.9. The highest BCUT2D eigenvalue weighted by Crippen LogP contribution is 2.36. The molecule has 1 unspecified atom stereocenters. The predicted molar refractivity (Wildman–Crippen MR) is 81.9 cm³/mol. The number of fused-ring (bicyclic) bond motifs is 1. The minimum absolute atomic E-state index is 0.0677. The standard InChI is InChI=1S/C16H17BrN2O/c1-3-13-16(17)14(19(2)18-13)9-15(20)12-8-10-6-4-5-7-11(10)12/h4-7,12H,3,8-9H2,1-2H3. The quantitative estimate of drug-likeness (QED) is 0.861. The molecule has 0 bridgehead atoms. The summed E-state index contributed by atoms with van der Waals surface area (Å²) in [5.74, 6) is 0.355. The highest BCUT2D eigenvalue weighted by molar-refractivity contribution is 9.10. The van der Waals surface area contributed by atoms with E-state index in [1.807, 2.05) is 23.9 Å². The number of Topliss-reactive ketones (excluding diaryl/α,β-unsaturated/α-hetero) is 1. The Hall–Kier alpha value is -1.42. The number of benzene rings is 1. The monoisotopic (exact) mass is 332 g/mol. The Balaban J connectivity index is 1.80. The van der Waals surface area contributed by atoms with Gasteiger partial charge in [0.2, 0.25) is 0 Å². The normalized spacial score (nSPS) is 16.6. The molecule has 0 radical (unpaired) electrons. The van der Waals surface area contributed by atoms with Crippen LogP contribution in [0.15, 0.2) is 28.7 Å². The van der Waals surface area contributed by atoms with Gasteiger partial charge in [0.05, 0.1) is 22.3 Å². The summed E-state index contributed by atoms with van der Waals surface area (Å²) in [6.07, 6.45) is 2.20. The fraction of sp³-hybridized carbons (Fsp3) is 0.375. The Labute approximate surface area is 127 Å². The number of aryl methyl sites for hydroxylation is 2. The van der Waals surface area contributed by atoms with Crippen LogP contribution in [0.3, 0.4) is 0 Å². The lowest BCUT2D eigenvalue weighted by molar-refractivity contribution is -0.120. The molecular formula is C16H17BrN2O. The lowest BCUT2D eigenvalue weighted by Crippen LogP contribution is -2.27. The van der Waals surface area contributed by atoms with Crippen molar-refractivity contribution in [2.75, 3.05) is 0 Å². The van der Waals surface area contributed by atoms with Crippen LogP contribution in [-0.2, 0) is 31.1 Å². The Bertz CT molecular complexity index is 675. The molecular weight excluding hydrogens is 316 g/mol. The number of carbonyl (C=O) groups excluding carboxylic acids is 1. The van der Waals surface area contributed by atoms with E-state index in [1.54, 1.807) is 0 Å². The zero-order valence-corrected chi connectivity index (χ0v) is 13.3. The average Bonchev–Trinajstić information content (AvgIpc) is 2.67. The number of carbonyl (C=O) groups is 1. The van der Waals surface area contributed by atoms with Gasteiger partial charge in [0.1, 0.15) is 5.78 Å². The van der Waals surface area contributed by atoms with Gasteiger partial charge in [-0.05, 0) is 39.9 Å². The number of rotatable bonds is 4. The first-order chi connectivity index (χ1) is 9.61. The van der Waals surface area contributed by atoms with Crippen LogP contribution in [0.1, 0.15) is 35.4 Å². The van der Waals surface area contributed by atoms with Crippen LogP contribution < -0.4 is 0 Å². The van der Waals surface area contributed by atoms with E-state index >= 15 is 0 Å². The highest BCUT2D eigenvalue weighted by Gasteiger charge is 2.32. The summed E-state index contributed by atoms with van der Waals surface area (Å²) in [6, 6.07) is 8.21. The fourth-order valence-electron chi connectivity index (χ4n) is 2.85. The van der Waals surface area contributed by atoms with Crippen LogP contribution in [-0.4, -0.2) is 15.6 Å². The first-order valence-electron chi connectivity index (χ1n) is 6.92. The Morgan fingerprint density at radius 1 is 1.45 bits per heavy atom. The van der Waals surface area contributed by atoms with E-state index in [-0.39, 0.29) is 11.7 Å². The van der Waals surface area contributed by atoms with Gasteiger partial charge < -0.3 is 0 Å². The molecule has 1 atom stereocenters. The molecule has 4 heteroatoms. The van der Waals surface area contributed by atoms with Crippen molar-refractivity contribution in [2.45, 2.75) is 32.1 Å². The maximum atomic E-state index is 12.5.